The summed E-state index contributed by atoms with van der Waals surface area (Å²) in [6.45, 7) is 0.984. The molecular weight excluding hydrogens is 448 g/mol. The molecule has 1 heterocycles. The van der Waals surface area contributed by atoms with Crippen LogP contribution in [0.2, 0.25) is 5.02 Å². The molecule has 0 radical (unpaired) electrons. The van der Waals surface area contributed by atoms with Gasteiger partial charge in [-0.1, -0.05) is 35.9 Å². The summed E-state index contributed by atoms with van der Waals surface area (Å²) in [4.78, 5) is 28.7. The van der Waals surface area contributed by atoms with Crippen molar-refractivity contribution in [3.63, 3.8) is 0 Å². The fourth-order valence-corrected chi connectivity index (χ4v) is 4.97. The van der Waals surface area contributed by atoms with E-state index in [-0.39, 0.29) is 18.4 Å². The first-order valence-corrected chi connectivity index (χ1v) is 11.5. The minimum atomic E-state index is -1.57. The molecule has 0 spiro atoms. The first-order chi connectivity index (χ1) is 15.5. The van der Waals surface area contributed by atoms with E-state index >= 15 is 0 Å². The van der Waals surface area contributed by atoms with E-state index in [0.717, 1.165) is 5.56 Å². The summed E-state index contributed by atoms with van der Waals surface area (Å²) in [5, 5.41) is 3.37. The zero-order valence-corrected chi connectivity index (χ0v) is 18.9. The minimum Gasteiger partial charge on any atom is -0.383 e. The van der Waals surface area contributed by atoms with Crippen molar-refractivity contribution in [1.82, 2.24) is 5.32 Å². The Hall–Kier alpha value is -3.00. The SMILES string of the molecule is COCCNC(=O)c1ccc2c(c1)N(Cc1ccc(Cl)cc1)C(=O)c1ccccc1[S@]2=O. The van der Waals surface area contributed by atoms with Gasteiger partial charge in [0.1, 0.15) is 0 Å². The average molecular weight is 469 g/mol. The highest BCUT2D eigenvalue weighted by molar-refractivity contribution is 7.85. The zero-order chi connectivity index (χ0) is 22.7. The standard InChI is InChI=1S/C24H21ClN2O4S/c1-31-13-12-26-23(28)17-8-11-22-20(14-17)27(15-16-6-9-18(25)10-7-16)24(29)19-4-2-3-5-21(19)32(22)30/h2-11,14H,12-13,15H2,1H3,(H,26,28)/t32-/m1/s1. The first-order valence-electron chi connectivity index (χ1n) is 9.98. The highest BCUT2D eigenvalue weighted by Gasteiger charge is 2.31. The molecule has 0 aromatic heterocycles. The summed E-state index contributed by atoms with van der Waals surface area (Å²) >= 11 is 6.01. The van der Waals surface area contributed by atoms with Crippen molar-refractivity contribution >= 4 is 39.9 Å². The number of fused-ring (bicyclic) bond motifs is 2. The van der Waals surface area contributed by atoms with Gasteiger partial charge in [0, 0.05) is 24.2 Å². The van der Waals surface area contributed by atoms with E-state index in [2.05, 4.69) is 5.32 Å². The molecule has 0 unspecified atom stereocenters. The molecule has 3 aromatic carbocycles. The van der Waals surface area contributed by atoms with E-state index in [1.165, 1.54) is 0 Å². The van der Waals surface area contributed by atoms with Crippen LogP contribution in [0, 0.1) is 0 Å². The quantitative estimate of drug-likeness (QED) is 0.554. The zero-order valence-electron chi connectivity index (χ0n) is 17.3. The van der Waals surface area contributed by atoms with Crippen LogP contribution in [0.25, 0.3) is 0 Å². The Balaban J connectivity index is 1.80. The molecule has 1 N–H and O–H groups in total. The lowest BCUT2D eigenvalue weighted by atomic mass is 10.1. The van der Waals surface area contributed by atoms with Crippen LogP contribution in [0.4, 0.5) is 5.69 Å². The number of nitrogens with one attached hydrogen (secondary N) is 1. The molecule has 0 fully saturated rings. The van der Waals surface area contributed by atoms with Crippen molar-refractivity contribution in [2.24, 2.45) is 0 Å². The number of halogens is 1. The van der Waals surface area contributed by atoms with Gasteiger partial charge >= 0.3 is 0 Å². The number of carbonyl (C=O) groups is 2. The number of hydrogen-bond donors (Lipinski definition) is 1. The Morgan fingerprint density at radius 2 is 1.81 bits per heavy atom. The van der Waals surface area contributed by atoms with Crippen LogP contribution in [0.3, 0.4) is 0 Å². The monoisotopic (exact) mass is 468 g/mol. The van der Waals surface area contributed by atoms with Crippen molar-refractivity contribution < 1.29 is 18.5 Å². The average Bonchev–Trinajstić information content (AvgIpc) is 2.90. The Bertz CT molecular complexity index is 1200. The van der Waals surface area contributed by atoms with E-state index in [9.17, 15) is 13.8 Å². The van der Waals surface area contributed by atoms with Crippen LogP contribution in [0.1, 0.15) is 26.3 Å². The van der Waals surface area contributed by atoms with Crippen LogP contribution >= 0.6 is 11.6 Å². The Kier molecular flexibility index (Phi) is 6.69. The van der Waals surface area contributed by atoms with Crippen LogP contribution < -0.4 is 10.2 Å². The summed E-state index contributed by atoms with van der Waals surface area (Å²) in [6.07, 6.45) is 0. The summed E-state index contributed by atoms with van der Waals surface area (Å²) < 4.78 is 18.4. The van der Waals surface area contributed by atoms with Gasteiger partial charge in [-0.15, -0.1) is 0 Å². The highest BCUT2D eigenvalue weighted by atomic mass is 35.5. The number of rotatable bonds is 6. The number of anilines is 1. The van der Waals surface area contributed by atoms with E-state index in [1.807, 2.05) is 12.1 Å². The number of carbonyl (C=O) groups excluding carboxylic acids is 2. The topological polar surface area (TPSA) is 75.7 Å². The summed E-state index contributed by atoms with van der Waals surface area (Å²) in [5.74, 6) is -0.573. The molecular formula is C24H21ClN2O4S. The third kappa shape index (κ3) is 4.46. The molecule has 3 aromatic rings. The molecule has 0 saturated carbocycles. The maximum absolute atomic E-state index is 13.6. The predicted molar refractivity (Wildman–Crippen MR) is 124 cm³/mol. The third-order valence-corrected chi connectivity index (χ3v) is 6.87. The lowest BCUT2D eigenvalue weighted by Gasteiger charge is -2.23. The number of ether oxygens (including phenoxy) is 1. The fraction of sp³-hybridized carbons (Fsp3) is 0.167. The van der Waals surface area contributed by atoms with Gasteiger partial charge in [-0.25, -0.2) is 4.21 Å². The molecule has 0 saturated heterocycles. The lowest BCUT2D eigenvalue weighted by molar-refractivity contribution is 0.0934. The summed E-state index contributed by atoms with van der Waals surface area (Å²) in [7, 11) is -0.0168. The van der Waals surface area contributed by atoms with E-state index < -0.39 is 10.8 Å². The molecule has 1 atom stereocenters. The molecule has 2 amide bonds. The van der Waals surface area contributed by atoms with Crippen LogP contribution in [-0.4, -0.2) is 36.3 Å². The van der Waals surface area contributed by atoms with Gasteiger partial charge in [0.2, 0.25) is 0 Å². The molecule has 0 aliphatic carbocycles. The second-order valence-corrected chi connectivity index (χ2v) is 9.07. The van der Waals surface area contributed by atoms with E-state index in [0.29, 0.717) is 44.8 Å². The largest absolute Gasteiger partial charge is 0.383 e. The van der Waals surface area contributed by atoms with Gasteiger partial charge < -0.3 is 15.0 Å². The molecule has 0 bridgehead atoms. The molecule has 6 nitrogen and oxygen atoms in total. The fourth-order valence-electron chi connectivity index (χ4n) is 3.50. The smallest absolute Gasteiger partial charge is 0.259 e. The predicted octanol–water partition coefficient (Wildman–Crippen LogP) is 4.04. The maximum atomic E-state index is 13.6. The number of benzene rings is 3. The first kappa shape index (κ1) is 22.2. The Morgan fingerprint density at radius 3 is 2.56 bits per heavy atom. The minimum absolute atomic E-state index is 0.239. The van der Waals surface area contributed by atoms with Crippen molar-refractivity contribution in [2.45, 2.75) is 16.3 Å². The van der Waals surface area contributed by atoms with Crippen LogP contribution in [0.15, 0.2) is 76.5 Å². The second kappa shape index (κ2) is 9.65. The number of hydrogen-bond acceptors (Lipinski definition) is 4. The van der Waals surface area contributed by atoms with Crippen molar-refractivity contribution in [3.8, 4) is 0 Å². The summed E-state index contributed by atoms with van der Waals surface area (Å²) in [6, 6.07) is 19.0. The molecule has 32 heavy (non-hydrogen) atoms. The molecule has 1 aliphatic rings. The molecule has 1 aliphatic heterocycles. The summed E-state index contributed by atoms with van der Waals surface area (Å²) in [5.41, 5.74) is 2.05. The molecule has 164 valence electrons. The van der Waals surface area contributed by atoms with Gasteiger partial charge in [-0.2, -0.15) is 0 Å². The molecule has 8 heteroatoms. The van der Waals surface area contributed by atoms with Crippen molar-refractivity contribution in [3.05, 3.63) is 88.4 Å². The number of amides is 2. The van der Waals surface area contributed by atoms with Gasteiger partial charge in [0.25, 0.3) is 11.8 Å². The van der Waals surface area contributed by atoms with Crippen LogP contribution in [-0.2, 0) is 22.1 Å². The maximum Gasteiger partial charge on any atom is 0.259 e. The van der Waals surface area contributed by atoms with Gasteiger partial charge in [0.15, 0.2) is 0 Å². The number of nitrogens with zero attached hydrogens (tertiary/aromatic N) is 1. The van der Waals surface area contributed by atoms with Crippen molar-refractivity contribution in [1.29, 1.82) is 0 Å². The highest BCUT2D eigenvalue weighted by Crippen LogP contribution is 2.36. The normalized spacial score (nSPS) is 15.0. The third-order valence-electron chi connectivity index (χ3n) is 5.12. The van der Waals surface area contributed by atoms with Gasteiger partial charge in [-0.3, -0.25) is 9.59 Å². The second-order valence-electron chi connectivity index (χ2n) is 7.21. The van der Waals surface area contributed by atoms with Crippen LogP contribution in [0.5, 0.6) is 0 Å². The molecule has 4 rings (SSSR count). The van der Waals surface area contributed by atoms with Crippen molar-refractivity contribution in [2.75, 3.05) is 25.2 Å². The lowest BCUT2D eigenvalue weighted by Crippen LogP contribution is -2.31. The van der Waals surface area contributed by atoms with Gasteiger partial charge in [0.05, 0.1) is 45.0 Å². The van der Waals surface area contributed by atoms with E-state index in [1.54, 1.807) is 66.6 Å². The Morgan fingerprint density at radius 1 is 1.06 bits per heavy atom. The van der Waals surface area contributed by atoms with E-state index in [4.69, 9.17) is 16.3 Å². The Labute approximate surface area is 193 Å². The van der Waals surface area contributed by atoms with Gasteiger partial charge in [-0.05, 0) is 48.0 Å². The number of methoxy groups -OCH3 is 1.